The van der Waals surface area contributed by atoms with Crippen LogP contribution in [-0.4, -0.2) is 11.5 Å². The SMILES string of the molecule is CCCCCNC1CCc2cccnc21. The van der Waals surface area contributed by atoms with Crippen molar-refractivity contribution in [2.24, 2.45) is 0 Å². The summed E-state index contributed by atoms with van der Waals surface area (Å²) in [6.07, 6.45) is 8.23. The van der Waals surface area contributed by atoms with E-state index >= 15 is 0 Å². The Morgan fingerprint density at radius 2 is 2.40 bits per heavy atom. The first-order valence-electron chi connectivity index (χ1n) is 6.09. The van der Waals surface area contributed by atoms with E-state index in [1.165, 1.54) is 43.4 Å². The highest BCUT2D eigenvalue weighted by molar-refractivity contribution is 5.27. The molecule has 0 amide bonds. The molecule has 0 bridgehead atoms. The average Bonchev–Trinajstić information content (AvgIpc) is 2.68. The average molecular weight is 204 g/mol. The standard InChI is InChI=1S/C13H20N2/c1-2-3-4-9-14-12-8-7-11-6-5-10-15-13(11)12/h5-6,10,12,14H,2-4,7-9H2,1H3. The fourth-order valence-corrected chi connectivity index (χ4v) is 2.26. The second-order valence-electron chi connectivity index (χ2n) is 4.30. The van der Waals surface area contributed by atoms with Crippen molar-refractivity contribution in [2.75, 3.05) is 6.54 Å². The van der Waals surface area contributed by atoms with E-state index in [9.17, 15) is 0 Å². The van der Waals surface area contributed by atoms with E-state index in [1.807, 2.05) is 12.3 Å². The highest BCUT2D eigenvalue weighted by Crippen LogP contribution is 2.28. The molecule has 0 saturated heterocycles. The van der Waals surface area contributed by atoms with Crippen molar-refractivity contribution in [3.05, 3.63) is 29.6 Å². The van der Waals surface area contributed by atoms with Crippen LogP contribution < -0.4 is 5.32 Å². The van der Waals surface area contributed by atoms with Gasteiger partial charge in [-0.2, -0.15) is 0 Å². The van der Waals surface area contributed by atoms with Crippen molar-refractivity contribution in [1.29, 1.82) is 0 Å². The number of hydrogen-bond donors (Lipinski definition) is 1. The Morgan fingerprint density at radius 1 is 1.47 bits per heavy atom. The van der Waals surface area contributed by atoms with Gasteiger partial charge in [0.2, 0.25) is 0 Å². The Hall–Kier alpha value is -0.890. The molecule has 0 fully saturated rings. The van der Waals surface area contributed by atoms with E-state index in [0.717, 1.165) is 6.54 Å². The third-order valence-corrected chi connectivity index (χ3v) is 3.13. The zero-order valence-electron chi connectivity index (χ0n) is 9.50. The van der Waals surface area contributed by atoms with E-state index in [0.29, 0.717) is 6.04 Å². The summed E-state index contributed by atoms with van der Waals surface area (Å²) in [4.78, 5) is 4.48. The second-order valence-corrected chi connectivity index (χ2v) is 4.30. The zero-order chi connectivity index (χ0) is 10.5. The van der Waals surface area contributed by atoms with Gasteiger partial charge in [-0.1, -0.05) is 25.8 Å². The number of aryl methyl sites for hydroxylation is 1. The lowest BCUT2D eigenvalue weighted by molar-refractivity contribution is 0.503. The maximum absolute atomic E-state index is 4.48. The van der Waals surface area contributed by atoms with Gasteiger partial charge in [0.1, 0.15) is 0 Å². The lowest BCUT2D eigenvalue weighted by Gasteiger charge is -2.12. The minimum atomic E-state index is 0.512. The fourth-order valence-electron chi connectivity index (χ4n) is 2.26. The monoisotopic (exact) mass is 204 g/mol. The quantitative estimate of drug-likeness (QED) is 0.746. The van der Waals surface area contributed by atoms with E-state index in [2.05, 4.69) is 23.3 Å². The summed E-state index contributed by atoms with van der Waals surface area (Å²) in [6.45, 7) is 3.38. The van der Waals surface area contributed by atoms with Gasteiger partial charge in [0.05, 0.1) is 11.7 Å². The molecule has 1 atom stereocenters. The first-order chi connectivity index (χ1) is 7.42. The summed E-state index contributed by atoms with van der Waals surface area (Å²) in [6, 6.07) is 4.76. The van der Waals surface area contributed by atoms with Crippen LogP contribution in [0.3, 0.4) is 0 Å². The number of nitrogens with one attached hydrogen (secondary N) is 1. The molecule has 1 unspecified atom stereocenters. The highest BCUT2D eigenvalue weighted by atomic mass is 14.9. The molecule has 15 heavy (non-hydrogen) atoms. The van der Waals surface area contributed by atoms with E-state index < -0.39 is 0 Å². The fraction of sp³-hybridized carbons (Fsp3) is 0.615. The maximum atomic E-state index is 4.48. The maximum Gasteiger partial charge on any atom is 0.0605 e. The van der Waals surface area contributed by atoms with Gasteiger partial charge in [0.25, 0.3) is 0 Å². The molecule has 1 aliphatic rings. The molecule has 1 aromatic heterocycles. The summed E-state index contributed by atoms with van der Waals surface area (Å²) < 4.78 is 0. The van der Waals surface area contributed by atoms with Gasteiger partial charge in [0, 0.05) is 6.20 Å². The summed E-state index contributed by atoms with van der Waals surface area (Å²) in [5.74, 6) is 0. The van der Waals surface area contributed by atoms with Crippen molar-refractivity contribution in [3.8, 4) is 0 Å². The van der Waals surface area contributed by atoms with Gasteiger partial charge in [-0.3, -0.25) is 4.98 Å². The van der Waals surface area contributed by atoms with E-state index in [-0.39, 0.29) is 0 Å². The molecule has 0 aliphatic heterocycles. The van der Waals surface area contributed by atoms with Crippen LogP contribution in [0.25, 0.3) is 0 Å². The van der Waals surface area contributed by atoms with E-state index in [4.69, 9.17) is 0 Å². The largest absolute Gasteiger partial charge is 0.309 e. The van der Waals surface area contributed by atoms with Crippen molar-refractivity contribution in [1.82, 2.24) is 10.3 Å². The highest BCUT2D eigenvalue weighted by Gasteiger charge is 2.22. The molecule has 0 aromatic carbocycles. The number of aromatic nitrogens is 1. The molecule has 2 nitrogen and oxygen atoms in total. The number of hydrogen-bond acceptors (Lipinski definition) is 2. The molecule has 2 heteroatoms. The van der Waals surface area contributed by atoms with Crippen molar-refractivity contribution in [3.63, 3.8) is 0 Å². The Labute approximate surface area is 92.1 Å². The predicted octanol–water partition coefficient (Wildman–Crippen LogP) is 2.85. The number of fused-ring (bicyclic) bond motifs is 1. The van der Waals surface area contributed by atoms with Gasteiger partial charge in [-0.25, -0.2) is 0 Å². The third-order valence-electron chi connectivity index (χ3n) is 3.13. The number of rotatable bonds is 5. The van der Waals surface area contributed by atoms with Gasteiger partial charge in [0.15, 0.2) is 0 Å². The molecule has 0 radical (unpaired) electrons. The molecule has 1 heterocycles. The van der Waals surface area contributed by atoms with Crippen molar-refractivity contribution < 1.29 is 0 Å². The van der Waals surface area contributed by atoms with Crippen LogP contribution in [0.15, 0.2) is 18.3 Å². The van der Waals surface area contributed by atoms with Crippen LogP contribution in [-0.2, 0) is 6.42 Å². The Morgan fingerprint density at radius 3 is 3.27 bits per heavy atom. The van der Waals surface area contributed by atoms with Gasteiger partial charge < -0.3 is 5.32 Å². The van der Waals surface area contributed by atoms with Crippen LogP contribution in [0.1, 0.15) is 49.9 Å². The van der Waals surface area contributed by atoms with Crippen LogP contribution >= 0.6 is 0 Å². The topological polar surface area (TPSA) is 24.9 Å². The Bertz CT molecular complexity index is 309. The molecule has 0 saturated carbocycles. The van der Waals surface area contributed by atoms with E-state index in [1.54, 1.807) is 0 Å². The molecule has 1 N–H and O–H groups in total. The molecule has 2 rings (SSSR count). The van der Waals surface area contributed by atoms with Crippen LogP contribution in [0.4, 0.5) is 0 Å². The summed E-state index contributed by atoms with van der Waals surface area (Å²) >= 11 is 0. The molecule has 82 valence electrons. The number of unbranched alkanes of at least 4 members (excludes halogenated alkanes) is 2. The smallest absolute Gasteiger partial charge is 0.0605 e. The van der Waals surface area contributed by atoms with Gasteiger partial charge in [-0.05, 0) is 37.4 Å². The minimum absolute atomic E-state index is 0.512. The Balaban J connectivity index is 1.85. The third kappa shape index (κ3) is 2.57. The zero-order valence-corrected chi connectivity index (χ0v) is 9.50. The summed E-state index contributed by atoms with van der Waals surface area (Å²) in [5.41, 5.74) is 2.72. The predicted molar refractivity (Wildman–Crippen MR) is 62.8 cm³/mol. The number of pyridine rings is 1. The summed E-state index contributed by atoms with van der Waals surface area (Å²) in [5, 5.41) is 3.61. The van der Waals surface area contributed by atoms with Gasteiger partial charge >= 0.3 is 0 Å². The minimum Gasteiger partial charge on any atom is -0.309 e. The van der Waals surface area contributed by atoms with Gasteiger partial charge in [-0.15, -0.1) is 0 Å². The molecule has 1 aliphatic carbocycles. The number of nitrogens with zero attached hydrogens (tertiary/aromatic N) is 1. The lowest BCUT2D eigenvalue weighted by Crippen LogP contribution is -2.21. The van der Waals surface area contributed by atoms with Crippen LogP contribution in [0.5, 0.6) is 0 Å². The van der Waals surface area contributed by atoms with Crippen LogP contribution in [0, 0.1) is 0 Å². The van der Waals surface area contributed by atoms with Crippen molar-refractivity contribution >= 4 is 0 Å². The normalized spacial score (nSPS) is 19.1. The lowest BCUT2D eigenvalue weighted by atomic mass is 10.2. The molecule has 0 spiro atoms. The molecular formula is C13H20N2. The van der Waals surface area contributed by atoms with Crippen LogP contribution in [0.2, 0.25) is 0 Å². The first kappa shape index (κ1) is 10.6. The molecule has 1 aromatic rings. The van der Waals surface area contributed by atoms with Crippen molar-refractivity contribution in [2.45, 2.75) is 45.1 Å². The summed E-state index contributed by atoms with van der Waals surface area (Å²) in [7, 11) is 0. The molecular weight excluding hydrogens is 184 g/mol. The Kier molecular flexibility index (Phi) is 3.73. The first-order valence-corrected chi connectivity index (χ1v) is 6.09. The second kappa shape index (κ2) is 5.26.